The molecule has 3 nitrogen and oxygen atoms in total. The molecule has 0 saturated heterocycles. The second kappa shape index (κ2) is 5.29. The Balaban J connectivity index is 2.16. The van der Waals surface area contributed by atoms with Gasteiger partial charge in [-0.15, -0.1) is 0 Å². The molecule has 0 unspecified atom stereocenters. The van der Waals surface area contributed by atoms with E-state index in [0.29, 0.717) is 5.69 Å². The zero-order chi connectivity index (χ0) is 15.8. The van der Waals surface area contributed by atoms with E-state index in [1.54, 1.807) is 7.11 Å². The maximum atomic E-state index is 11.7. The minimum Gasteiger partial charge on any atom is -0.496 e. The molecule has 4 aromatic rings. The van der Waals surface area contributed by atoms with Gasteiger partial charge in [-0.3, -0.25) is 4.79 Å². The summed E-state index contributed by atoms with van der Waals surface area (Å²) in [5.74, 6) is 0.766. The van der Waals surface area contributed by atoms with Crippen LogP contribution in [0, 0.1) is 0 Å². The van der Waals surface area contributed by atoms with Crippen LogP contribution in [0.1, 0.15) is 10.5 Å². The van der Waals surface area contributed by atoms with E-state index < -0.39 is 0 Å². The van der Waals surface area contributed by atoms with E-state index >= 15 is 0 Å². The van der Waals surface area contributed by atoms with Gasteiger partial charge in [-0.05, 0) is 35.0 Å². The fourth-order valence-corrected chi connectivity index (χ4v) is 3.16. The quantitative estimate of drug-likeness (QED) is 0.519. The SMILES string of the molecule is COc1ccc2ccccc2c1-c1cc2ccccn2c1C=O. The van der Waals surface area contributed by atoms with Crippen molar-refractivity contribution in [3.05, 3.63) is 72.6 Å². The molecular weight excluding hydrogens is 286 g/mol. The molecule has 4 rings (SSSR count). The smallest absolute Gasteiger partial charge is 0.167 e. The molecular formula is C20H15NO2. The van der Waals surface area contributed by atoms with Gasteiger partial charge in [0.05, 0.1) is 12.8 Å². The number of rotatable bonds is 3. The number of benzene rings is 2. The maximum Gasteiger partial charge on any atom is 0.167 e. The fourth-order valence-electron chi connectivity index (χ4n) is 3.16. The highest BCUT2D eigenvalue weighted by molar-refractivity contribution is 6.04. The van der Waals surface area contributed by atoms with Crippen molar-refractivity contribution >= 4 is 22.6 Å². The van der Waals surface area contributed by atoms with Crippen LogP contribution in [0.2, 0.25) is 0 Å². The van der Waals surface area contributed by atoms with Crippen LogP contribution in [0.5, 0.6) is 5.75 Å². The van der Waals surface area contributed by atoms with Crippen LogP contribution >= 0.6 is 0 Å². The topological polar surface area (TPSA) is 30.7 Å². The number of carbonyl (C=O) groups is 1. The van der Waals surface area contributed by atoms with Crippen LogP contribution in [0.3, 0.4) is 0 Å². The second-order valence-electron chi connectivity index (χ2n) is 5.42. The minimum atomic E-state index is 0.634. The predicted octanol–water partition coefficient (Wildman–Crippen LogP) is 4.58. The summed E-state index contributed by atoms with van der Waals surface area (Å²) < 4.78 is 7.48. The van der Waals surface area contributed by atoms with Crippen molar-refractivity contribution < 1.29 is 9.53 Å². The zero-order valence-corrected chi connectivity index (χ0v) is 12.7. The van der Waals surface area contributed by atoms with Crippen molar-refractivity contribution in [3.8, 4) is 16.9 Å². The van der Waals surface area contributed by atoms with E-state index in [1.165, 1.54) is 0 Å². The van der Waals surface area contributed by atoms with Crippen LogP contribution in [0.15, 0.2) is 66.9 Å². The Labute approximate surface area is 133 Å². The summed E-state index contributed by atoms with van der Waals surface area (Å²) in [5.41, 5.74) is 3.46. The summed E-state index contributed by atoms with van der Waals surface area (Å²) >= 11 is 0. The summed E-state index contributed by atoms with van der Waals surface area (Å²) in [6.45, 7) is 0. The molecule has 2 heterocycles. The Morgan fingerprint density at radius 3 is 2.65 bits per heavy atom. The lowest BCUT2D eigenvalue weighted by atomic mass is 9.97. The molecule has 0 amide bonds. The molecule has 0 aliphatic heterocycles. The van der Waals surface area contributed by atoms with Gasteiger partial charge < -0.3 is 9.14 Å². The molecule has 0 atom stereocenters. The van der Waals surface area contributed by atoms with Crippen molar-refractivity contribution in [2.75, 3.05) is 7.11 Å². The van der Waals surface area contributed by atoms with E-state index in [4.69, 9.17) is 4.74 Å². The lowest BCUT2D eigenvalue weighted by Crippen LogP contribution is -1.94. The molecule has 0 spiro atoms. The highest BCUT2D eigenvalue weighted by Crippen LogP contribution is 2.39. The molecule has 0 N–H and O–H groups in total. The number of hydrogen-bond donors (Lipinski definition) is 0. The predicted molar refractivity (Wildman–Crippen MR) is 92.3 cm³/mol. The van der Waals surface area contributed by atoms with Gasteiger partial charge in [0, 0.05) is 22.8 Å². The van der Waals surface area contributed by atoms with Gasteiger partial charge >= 0.3 is 0 Å². The number of hydrogen-bond acceptors (Lipinski definition) is 2. The molecule has 0 aliphatic rings. The van der Waals surface area contributed by atoms with Gasteiger partial charge in [-0.1, -0.05) is 36.4 Å². The molecule has 0 radical (unpaired) electrons. The van der Waals surface area contributed by atoms with Crippen molar-refractivity contribution in [2.24, 2.45) is 0 Å². The molecule has 0 aliphatic carbocycles. The van der Waals surface area contributed by atoms with Crippen LogP contribution in [-0.2, 0) is 0 Å². The van der Waals surface area contributed by atoms with Gasteiger partial charge in [0.15, 0.2) is 6.29 Å². The number of fused-ring (bicyclic) bond motifs is 2. The minimum absolute atomic E-state index is 0.634. The maximum absolute atomic E-state index is 11.7. The monoisotopic (exact) mass is 301 g/mol. The van der Waals surface area contributed by atoms with E-state index in [1.807, 2.05) is 59.1 Å². The third-order valence-corrected chi connectivity index (χ3v) is 4.21. The van der Waals surface area contributed by atoms with Gasteiger partial charge in [0.25, 0.3) is 0 Å². The lowest BCUT2D eigenvalue weighted by Gasteiger charge is -2.12. The molecule has 2 aromatic heterocycles. The summed E-state index contributed by atoms with van der Waals surface area (Å²) in [6.07, 6.45) is 2.81. The van der Waals surface area contributed by atoms with Gasteiger partial charge in [0.2, 0.25) is 0 Å². The summed E-state index contributed by atoms with van der Waals surface area (Å²) in [4.78, 5) is 11.7. The van der Waals surface area contributed by atoms with E-state index in [-0.39, 0.29) is 0 Å². The molecule has 0 saturated carbocycles. The van der Waals surface area contributed by atoms with E-state index in [2.05, 4.69) is 12.1 Å². The Hall–Kier alpha value is -3.07. The zero-order valence-electron chi connectivity index (χ0n) is 12.7. The number of ether oxygens (including phenoxy) is 1. The Kier molecular flexibility index (Phi) is 3.12. The third kappa shape index (κ3) is 2.01. The number of methoxy groups -OCH3 is 1. The number of nitrogens with zero attached hydrogens (tertiary/aromatic N) is 1. The summed E-state index contributed by atoms with van der Waals surface area (Å²) in [5, 5.41) is 2.20. The van der Waals surface area contributed by atoms with E-state index in [9.17, 15) is 4.79 Å². The van der Waals surface area contributed by atoms with Gasteiger partial charge in [-0.25, -0.2) is 0 Å². The Bertz CT molecular complexity index is 1030. The fraction of sp³-hybridized carbons (Fsp3) is 0.0500. The first-order valence-corrected chi connectivity index (χ1v) is 7.45. The van der Waals surface area contributed by atoms with Gasteiger partial charge in [0.1, 0.15) is 5.75 Å². The van der Waals surface area contributed by atoms with Crippen molar-refractivity contribution in [3.63, 3.8) is 0 Å². The van der Waals surface area contributed by atoms with Crippen LogP contribution in [-0.4, -0.2) is 17.8 Å². The molecule has 0 fully saturated rings. The van der Waals surface area contributed by atoms with Crippen LogP contribution in [0.25, 0.3) is 27.4 Å². The number of pyridine rings is 1. The van der Waals surface area contributed by atoms with Crippen molar-refractivity contribution in [2.45, 2.75) is 0 Å². The third-order valence-electron chi connectivity index (χ3n) is 4.21. The summed E-state index contributed by atoms with van der Waals surface area (Å²) in [6, 6.07) is 20.0. The molecule has 112 valence electrons. The van der Waals surface area contributed by atoms with Crippen LogP contribution < -0.4 is 4.74 Å². The van der Waals surface area contributed by atoms with Crippen LogP contribution in [0.4, 0.5) is 0 Å². The van der Waals surface area contributed by atoms with Crippen molar-refractivity contribution in [1.82, 2.24) is 4.40 Å². The van der Waals surface area contributed by atoms with Gasteiger partial charge in [-0.2, -0.15) is 0 Å². The second-order valence-corrected chi connectivity index (χ2v) is 5.42. The molecule has 2 aromatic carbocycles. The first-order chi connectivity index (χ1) is 11.3. The Morgan fingerprint density at radius 2 is 1.83 bits per heavy atom. The normalized spacial score (nSPS) is 11.0. The first kappa shape index (κ1) is 13.6. The summed E-state index contributed by atoms with van der Waals surface area (Å²) in [7, 11) is 1.66. The average Bonchev–Trinajstić information content (AvgIpc) is 2.98. The standard InChI is InChI=1S/C20H15NO2/c1-23-19-10-9-14-6-2-3-8-16(14)20(19)17-12-15-7-4-5-11-21(15)18(17)13-22/h2-13H,1H3. The molecule has 3 heteroatoms. The van der Waals surface area contributed by atoms with E-state index in [0.717, 1.165) is 39.5 Å². The average molecular weight is 301 g/mol. The number of carbonyl (C=O) groups excluding carboxylic acids is 1. The van der Waals surface area contributed by atoms with Crippen molar-refractivity contribution in [1.29, 1.82) is 0 Å². The highest BCUT2D eigenvalue weighted by Gasteiger charge is 2.17. The first-order valence-electron chi connectivity index (χ1n) is 7.45. The number of aromatic nitrogens is 1. The number of aldehydes is 1. The highest BCUT2D eigenvalue weighted by atomic mass is 16.5. The molecule has 0 bridgehead atoms. The lowest BCUT2D eigenvalue weighted by molar-refractivity contribution is 0.111. The molecule has 23 heavy (non-hydrogen) atoms. The largest absolute Gasteiger partial charge is 0.496 e. The Morgan fingerprint density at radius 1 is 1.00 bits per heavy atom.